The highest BCUT2D eigenvalue weighted by Gasteiger charge is 2.19. The van der Waals surface area contributed by atoms with Crippen molar-refractivity contribution in [3.8, 4) is 0 Å². The highest BCUT2D eigenvalue weighted by Crippen LogP contribution is 2.28. The molecule has 0 atom stereocenters. The van der Waals surface area contributed by atoms with Crippen molar-refractivity contribution in [3.63, 3.8) is 0 Å². The summed E-state index contributed by atoms with van der Waals surface area (Å²) in [5, 5.41) is 0.432. The zero-order valence-corrected chi connectivity index (χ0v) is 14.2. The number of hydrogen-bond donors (Lipinski definition) is 2. The van der Waals surface area contributed by atoms with E-state index in [9.17, 15) is 8.42 Å². The van der Waals surface area contributed by atoms with E-state index >= 15 is 0 Å². The van der Waals surface area contributed by atoms with E-state index in [2.05, 4.69) is 4.72 Å². The van der Waals surface area contributed by atoms with Crippen molar-refractivity contribution in [2.45, 2.75) is 31.2 Å². The van der Waals surface area contributed by atoms with Gasteiger partial charge in [-0.25, -0.2) is 13.1 Å². The molecule has 0 heterocycles. The van der Waals surface area contributed by atoms with Crippen LogP contribution in [0.4, 0.5) is 0 Å². The van der Waals surface area contributed by atoms with E-state index in [1.807, 2.05) is 6.92 Å². The molecule has 1 aromatic carbocycles. The third-order valence-electron chi connectivity index (χ3n) is 2.72. The molecule has 21 heavy (non-hydrogen) atoms. The summed E-state index contributed by atoms with van der Waals surface area (Å²) in [5.41, 5.74) is 6.06. The number of nitrogens with two attached hydrogens (primary N) is 1. The van der Waals surface area contributed by atoms with E-state index in [0.717, 1.165) is 6.42 Å². The fraction of sp³-hybridized carbons (Fsp3) is 0.538. The Bertz CT molecular complexity index is 565. The Balaban J connectivity index is 2.70. The van der Waals surface area contributed by atoms with Gasteiger partial charge in [-0.1, -0.05) is 30.1 Å². The minimum atomic E-state index is -3.68. The highest BCUT2D eigenvalue weighted by molar-refractivity contribution is 7.89. The van der Waals surface area contributed by atoms with E-state index < -0.39 is 10.0 Å². The summed E-state index contributed by atoms with van der Waals surface area (Å²) in [7, 11) is -3.68. The van der Waals surface area contributed by atoms with Gasteiger partial charge in [-0.3, -0.25) is 0 Å². The summed E-state index contributed by atoms with van der Waals surface area (Å²) in [6.07, 6.45) is 1.53. The zero-order chi connectivity index (χ0) is 15.9. The molecule has 0 amide bonds. The van der Waals surface area contributed by atoms with Crippen LogP contribution in [0, 0.1) is 0 Å². The summed E-state index contributed by atoms with van der Waals surface area (Å²) in [5.74, 6) is 0. The monoisotopic (exact) mass is 354 g/mol. The van der Waals surface area contributed by atoms with Gasteiger partial charge in [0, 0.05) is 31.3 Å². The Morgan fingerprint density at radius 1 is 1.24 bits per heavy atom. The normalized spacial score (nSPS) is 11.8. The van der Waals surface area contributed by atoms with E-state index in [0.29, 0.717) is 30.2 Å². The van der Waals surface area contributed by atoms with Crippen LogP contribution in [0.25, 0.3) is 0 Å². The summed E-state index contributed by atoms with van der Waals surface area (Å²) >= 11 is 11.9. The maximum atomic E-state index is 12.2. The Morgan fingerprint density at radius 3 is 2.57 bits per heavy atom. The first-order valence-corrected chi connectivity index (χ1v) is 8.91. The molecule has 0 aliphatic rings. The molecule has 0 unspecified atom stereocenters. The lowest BCUT2D eigenvalue weighted by molar-refractivity contribution is 0.133. The van der Waals surface area contributed by atoms with Gasteiger partial charge in [-0.15, -0.1) is 0 Å². The smallest absolute Gasteiger partial charge is 0.242 e. The van der Waals surface area contributed by atoms with Crippen LogP contribution in [0.1, 0.15) is 25.3 Å². The van der Waals surface area contributed by atoms with Gasteiger partial charge in [0.2, 0.25) is 10.0 Å². The first kappa shape index (κ1) is 18.7. The molecular formula is C13H20Cl2N2O3S. The molecule has 0 fully saturated rings. The van der Waals surface area contributed by atoms with Gasteiger partial charge < -0.3 is 10.5 Å². The number of benzene rings is 1. The van der Waals surface area contributed by atoms with Gasteiger partial charge in [-0.2, -0.15) is 0 Å². The van der Waals surface area contributed by atoms with Crippen LogP contribution in [-0.4, -0.2) is 28.2 Å². The van der Waals surface area contributed by atoms with E-state index in [4.69, 9.17) is 33.7 Å². The molecule has 8 heteroatoms. The topological polar surface area (TPSA) is 81.4 Å². The second-order valence-electron chi connectivity index (χ2n) is 4.44. The Hall–Kier alpha value is -0.370. The van der Waals surface area contributed by atoms with Crippen molar-refractivity contribution < 1.29 is 13.2 Å². The van der Waals surface area contributed by atoms with Crippen LogP contribution in [0.3, 0.4) is 0 Å². The summed E-state index contributed by atoms with van der Waals surface area (Å²) < 4.78 is 32.2. The molecule has 0 saturated heterocycles. The third kappa shape index (κ3) is 5.73. The van der Waals surface area contributed by atoms with Gasteiger partial charge >= 0.3 is 0 Å². The van der Waals surface area contributed by atoms with E-state index in [-0.39, 0.29) is 23.0 Å². The number of sulfonamides is 1. The van der Waals surface area contributed by atoms with E-state index in [1.54, 1.807) is 0 Å². The number of nitrogens with one attached hydrogen (secondary N) is 1. The lowest BCUT2D eigenvalue weighted by Crippen LogP contribution is -2.26. The fourth-order valence-electron chi connectivity index (χ4n) is 1.64. The average Bonchev–Trinajstić information content (AvgIpc) is 2.42. The first-order valence-electron chi connectivity index (χ1n) is 6.67. The second kappa shape index (κ2) is 8.92. The Labute approximate surface area is 135 Å². The van der Waals surface area contributed by atoms with Crippen LogP contribution in [0.15, 0.2) is 17.0 Å². The van der Waals surface area contributed by atoms with E-state index in [1.165, 1.54) is 12.1 Å². The van der Waals surface area contributed by atoms with Gasteiger partial charge in [0.1, 0.15) is 4.90 Å². The van der Waals surface area contributed by atoms with Crippen LogP contribution in [0.5, 0.6) is 0 Å². The SMILES string of the molecule is CCCOCCCNS(=O)(=O)c1cc(CN)c(Cl)cc1Cl. The third-order valence-corrected chi connectivity index (χ3v) is 4.99. The van der Waals surface area contributed by atoms with Crippen LogP contribution in [-0.2, 0) is 21.3 Å². The van der Waals surface area contributed by atoms with Crippen molar-refractivity contribution in [2.75, 3.05) is 19.8 Å². The van der Waals surface area contributed by atoms with Crippen molar-refractivity contribution in [1.82, 2.24) is 4.72 Å². The average molecular weight is 355 g/mol. The molecule has 0 aromatic heterocycles. The largest absolute Gasteiger partial charge is 0.381 e. The summed E-state index contributed by atoms with van der Waals surface area (Å²) in [6, 6.07) is 2.80. The molecule has 120 valence electrons. The Kier molecular flexibility index (Phi) is 7.94. The predicted octanol–water partition coefficient (Wildman–Crippen LogP) is 2.55. The van der Waals surface area contributed by atoms with Crippen LogP contribution in [0.2, 0.25) is 10.0 Å². The predicted molar refractivity (Wildman–Crippen MR) is 85.3 cm³/mol. The van der Waals surface area contributed by atoms with Gasteiger partial charge in [0.05, 0.1) is 5.02 Å². The zero-order valence-electron chi connectivity index (χ0n) is 11.9. The lowest BCUT2D eigenvalue weighted by atomic mass is 10.2. The second-order valence-corrected chi connectivity index (χ2v) is 6.99. The molecule has 1 aromatic rings. The fourth-order valence-corrected chi connectivity index (χ4v) is 3.59. The molecule has 0 saturated carbocycles. The summed E-state index contributed by atoms with van der Waals surface area (Å²) in [6.45, 7) is 3.63. The van der Waals surface area contributed by atoms with Crippen molar-refractivity contribution in [3.05, 3.63) is 27.7 Å². The minimum Gasteiger partial charge on any atom is -0.381 e. The number of halogens is 2. The maximum absolute atomic E-state index is 12.2. The van der Waals surface area contributed by atoms with Gasteiger partial charge in [0.15, 0.2) is 0 Å². The van der Waals surface area contributed by atoms with Crippen molar-refractivity contribution >= 4 is 33.2 Å². The summed E-state index contributed by atoms with van der Waals surface area (Å²) in [4.78, 5) is -0.0107. The standard InChI is InChI=1S/C13H20Cl2N2O3S/c1-2-5-20-6-3-4-17-21(18,19)13-7-10(9-16)11(14)8-12(13)15/h7-8,17H,2-6,9,16H2,1H3. The molecule has 1 rings (SSSR count). The molecule has 3 N–H and O–H groups in total. The van der Waals surface area contributed by atoms with Crippen LogP contribution >= 0.6 is 23.2 Å². The molecule has 0 aliphatic heterocycles. The van der Waals surface area contributed by atoms with Gasteiger partial charge in [0.25, 0.3) is 0 Å². The minimum absolute atomic E-state index is 0.0107. The molecule has 0 radical (unpaired) electrons. The highest BCUT2D eigenvalue weighted by atomic mass is 35.5. The molecule has 0 bridgehead atoms. The first-order chi connectivity index (χ1) is 9.92. The van der Waals surface area contributed by atoms with Crippen molar-refractivity contribution in [1.29, 1.82) is 0 Å². The van der Waals surface area contributed by atoms with Crippen molar-refractivity contribution in [2.24, 2.45) is 5.73 Å². The van der Waals surface area contributed by atoms with Crippen LogP contribution < -0.4 is 10.5 Å². The molecular weight excluding hydrogens is 335 g/mol. The molecule has 0 aliphatic carbocycles. The lowest BCUT2D eigenvalue weighted by Gasteiger charge is -2.11. The molecule has 0 spiro atoms. The number of rotatable bonds is 9. The Morgan fingerprint density at radius 2 is 1.95 bits per heavy atom. The quantitative estimate of drug-likeness (QED) is 0.667. The number of ether oxygens (including phenoxy) is 1. The maximum Gasteiger partial charge on any atom is 0.242 e. The number of hydrogen-bond acceptors (Lipinski definition) is 4. The molecule has 5 nitrogen and oxygen atoms in total. The van der Waals surface area contributed by atoms with Gasteiger partial charge in [-0.05, 0) is 30.5 Å².